The molecule has 1 aliphatic heterocycles. The van der Waals surface area contributed by atoms with Crippen molar-refractivity contribution < 1.29 is 34.8 Å². The standard InChI is InChI=1S/C17H22O7/c1-8-3-4-11-14(24-15(21)17(11,23)7-18)13-9(2)16(22,5-10(8)13)6-12(19)20/h10-11,13-14,18,22-23H,1-7H2,(H,19,20)/t10-,11+,13-,14-,16+,17-/m0/s1. The maximum atomic E-state index is 12.1. The summed E-state index contributed by atoms with van der Waals surface area (Å²) < 4.78 is 5.37. The number of fused-ring (bicyclic) bond motifs is 3. The van der Waals surface area contributed by atoms with Crippen molar-refractivity contribution in [2.45, 2.75) is 43.0 Å². The highest BCUT2D eigenvalue weighted by molar-refractivity contribution is 5.82. The molecule has 0 amide bonds. The van der Waals surface area contributed by atoms with Crippen LogP contribution in [0.5, 0.6) is 0 Å². The number of ether oxygens (including phenoxy) is 1. The zero-order valence-corrected chi connectivity index (χ0v) is 13.3. The molecule has 2 saturated carbocycles. The van der Waals surface area contributed by atoms with E-state index in [1.54, 1.807) is 0 Å². The van der Waals surface area contributed by atoms with E-state index in [0.717, 1.165) is 5.57 Å². The van der Waals surface area contributed by atoms with Gasteiger partial charge in [-0.3, -0.25) is 4.79 Å². The Bertz CT molecular complexity index is 626. The van der Waals surface area contributed by atoms with Gasteiger partial charge >= 0.3 is 11.9 Å². The van der Waals surface area contributed by atoms with Crippen LogP contribution in [0.3, 0.4) is 0 Å². The van der Waals surface area contributed by atoms with Crippen molar-refractivity contribution in [3.8, 4) is 0 Å². The Labute approximate surface area is 139 Å². The summed E-state index contributed by atoms with van der Waals surface area (Å²) in [5, 5.41) is 39.9. The van der Waals surface area contributed by atoms with Gasteiger partial charge in [0.15, 0.2) is 5.60 Å². The number of rotatable bonds is 3. The summed E-state index contributed by atoms with van der Waals surface area (Å²) in [4.78, 5) is 23.2. The summed E-state index contributed by atoms with van der Waals surface area (Å²) in [5.74, 6) is -3.46. The molecule has 7 nitrogen and oxygen atoms in total. The normalized spacial score (nSPS) is 44.7. The van der Waals surface area contributed by atoms with Crippen LogP contribution in [0.1, 0.15) is 25.7 Å². The summed E-state index contributed by atoms with van der Waals surface area (Å²) in [6.07, 6.45) is -0.169. The van der Waals surface area contributed by atoms with Crippen LogP contribution in [0, 0.1) is 17.8 Å². The molecule has 0 unspecified atom stereocenters. The molecule has 0 aromatic rings. The van der Waals surface area contributed by atoms with Crippen LogP contribution in [-0.2, 0) is 14.3 Å². The summed E-state index contributed by atoms with van der Waals surface area (Å²) in [6, 6.07) is 0. The van der Waals surface area contributed by atoms with Crippen LogP contribution in [0.2, 0.25) is 0 Å². The molecule has 132 valence electrons. The first kappa shape index (κ1) is 17.1. The average Bonchev–Trinajstić information content (AvgIpc) is 2.83. The minimum Gasteiger partial charge on any atom is -0.481 e. The van der Waals surface area contributed by atoms with Crippen LogP contribution < -0.4 is 0 Å². The Hall–Kier alpha value is -1.70. The zero-order chi connectivity index (χ0) is 17.9. The van der Waals surface area contributed by atoms with E-state index in [1.807, 2.05) is 0 Å². The fraction of sp³-hybridized carbons (Fsp3) is 0.647. The van der Waals surface area contributed by atoms with Gasteiger partial charge in [-0.05, 0) is 30.8 Å². The smallest absolute Gasteiger partial charge is 0.341 e. The fourth-order valence-corrected chi connectivity index (χ4v) is 4.60. The lowest BCUT2D eigenvalue weighted by Gasteiger charge is -2.30. The van der Waals surface area contributed by atoms with Gasteiger partial charge < -0.3 is 25.2 Å². The van der Waals surface area contributed by atoms with Crippen LogP contribution in [0.15, 0.2) is 24.3 Å². The highest BCUT2D eigenvalue weighted by Gasteiger charge is 2.64. The van der Waals surface area contributed by atoms with E-state index < -0.39 is 54.1 Å². The number of aliphatic carboxylic acids is 1. The largest absolute Gasteiger partial charge is 0.481 e. The number of carbonyl (C=O) groups excluding carboxylic acids is 1. The zero-order valence-electron chi connectivity index (χ0n) is 13.3. The number of carboxylic acid groups (broad SMARTS) is 1. The van der Waals surface area contributed by atoms with E-state index in [-0.39, 0.29) is 12.3 Å². The second kappa shape index (κ2) is 5.40. The van der Waals surface area contributed by atoms with Crippen LogP contribution in [-0.4, -0.2) is 56.3 Å². The number of hydrogen-bond donors (Lipinski definition) is 4. The Morgan fingerprint density at radius 1 is 1.33 bits per heavy atom. The first-order valence-corrected chi connectivity index (χ1v) is 7.99. The number of aliphatic hydroxyl groups is 3. The maximum absolute atomic E-state index is 12.1. The first-order chi connectivity index (χ1) is 11.1. The van der Waals surface area contributed by atoms with E-state index in [1.165, 1.54) is 0 Å². The quantitative estimate of drug-likeness (QED) is 0.422. The minimum atomic E-state index is -1.98. The van der Waals surface area contributed by atoms with Gasteiger partial charge in [0.25, 0.3) is 0 Å². The van der Waals surface area contributed by atoms with Crippen molar-refractivity contribution in [1.29, 1.82) is 0 Å². The van der Waals surface area contributed by atoms with Gasteiger partial charge in [0.05, 0.1) is 18.6 Å². The lowest BCUT2D eigenvalue weighted by Crippen LogP contribution is -2.46. The van der Waals surface area contributed by atoms with E-state index in [2.05, 4.69) is 13.2 Å². The van der Waals surface area contributed by atoms with E-state index in [0.29, 0.717) is 18.4 Å². The molecule has 1 heterocycles. The van der Waals surface area contributed by atoms with Gasteiger partial charge in [0, 0.05) is 11.8 Å². The Morgan fingerprint density at radius 2 is 2.00 bits per heavy atom. The molecular formula is C17H22O7. The summed E-state index contributed by atoms with van der Waals surface area (Å²) in [5.41, 5.74) is -2.47. The summed E-state index contributed by atoms with van der Waals surface area (Å²) in [7, 11) is 0. The van der Waals surface area contributed by atoms with E-state index in [9.17, 15) is 24.9 Å². The van der Waals surface area contributed by atoms with Crippen LogP contribution >= 0.6 is 0 Å². The SMILES string of the molecule is C=C1CC[C@@H]2[C@H](OC(=O)[C@]2(O)CO)[C@H]2C(=C)[C@](O)(CC(=O)O)C[C@@H]12. The topological polar surface area (TPSA) is 124 Å². The lowest BCUT2D eigenvalue weighted by molar-refractivity contribution is -0.159. The predicted octanol–water partition coefficient (Wildman–Crippen LogP) is -0.000500. The molecule has 6 atom stereocenters. The number of carbonyl (C=O) groups is 2. The molecule has 3 fully saturated rings. The minimum absolute atomic E-state index is 0.153. The van der Waals surface area contributed by atoms with Gasteiger partial charge in [0.1, 0.15) is 6.10 Å². The first-order valence-electron chi connectivity index (χ1n) is 7.99. The van der Waals surface area contributed by atoms with Gasteiger partial charge in [-0.25, -0.2) is 4.79 Å². The van der Waals surface area contributed by atoms with Crippen LogP contribution in [0.4, 0.5) is 0 Å². The van der Waals surface area contributed by atoms with Crippen molar-refractivity contribution in [1.82, 2.24) is 0 Å². The van der Waals surface area contributed by atoms with E-state index in [4.69, 9.17) is 9.84 Å². The van der Waals surface area contributed by atoms with Crippen molar-refractivity contribution in [3.63, 3.8) is 0 Å². The van der Waals surface area contributed by atoms with Crippen molar-refractivity contribution in [3.05, 3.63) is 24.3 Å². The van der Waals surface area contributed by atoms with Gasteiger partial charge in [-0.1, -0.05) is 18.7 Å². The Kier molecular flexibility index (Phi) is 3.86. The predicted molar refractivity (Wildman–Crippen MR) is 81.7 cm³/mol. The third-order valence-electron chi connectivity index (χ3n) is 5.94. The molecule has 24 heavy (non-hydrogen) atoms. The molecule has 3 rings (SSSR count). The molecule has 4 N–H and O–H groups in total. The van der Waals surface area contributed by atoms with Crippen LogP contribution in [0.25, 0.3) is 0 Å². The molecule has 0 aromatic carbocycles. The van der Waals surface area contributed by atoms with Gasteiger partial charge in [-0.2, -0.15) is 0 Å². The Morgan fingerprint density at radius 3 is 2.58 bits per heavy atom. The number of esters is 1. The number of carboxylic acids is 1. The van der Waals surface area contributed by atoms with Crippen molar-refractivity contribution >= 4 is 11.9 Å². The number of hydrogen-bond acceptors (Lipinski definition) is 6. The molecule has 0 radical (unpaired) electrons. The van der Waals surface area contributed by atoms with Crippen molar-refractivity contribution in [2.75, 3.05) is 6.61 Å². The molecule has 0 aromatic heterocycles. The molecule has 0 bridgehead atoms. The highest BCUT2D eigenvalue weighted by Crippen LogP contribution is 2.56. The molecule has 2 aliphatic carbocycles. The highest BCUT2D eigenvalue weighted by atomic mass is 16.6. The molecule has 1 saturated heterocycles. The van der Waals surface area contributed by atoms with Crippen molar-refractivity contribution in [2.24, 2.45) is 17.8 Å². The number of aliphatic hydroxyl groups excluding tert-OH is 1. The average molecular weight is 338 g/mol. The maximum Gasteiger partial charge on any atom is 0.341 e. The fourth-order valence-electron chi connectivity index (χ4n) is 4.60. The summed E-state index contributed by atoms with van der Waals surface area (Å²) >= 11 is 0. The summed E-state index contributed by atoms with van der Waals surface area (Å²) in [6.45, 7) is 7.17. The third kappa shape index (κ3) is 2.22. The third-order valence-corrected chi connectivity index (χ3v) is 5.94. The second-order valence-electron chi connectivity index (χ2n) is 7.22. The lowest BCUT2D eigenvalue weighted by atomic mass is 9.77. The van der Waals surface area contributed by atoms with Gasteiger partial charge in [0.2, 0.25) is 0 Å². The molecular weight excluding hydrogens is 316 g/mol. The molecule has 7 heteroatoms. The number of allylic oxidation sites excluding steroid dienone is 1. The second-order valence-corrected chi connectivity index (χ2v) is 7.22. The van der Waals surface area contributed by atoms with E-state index >= 15 is 0 Å². The van der Waals surface area contributed by atoms with Gasteiger partial charge in [-0.15, -0.1) is 0 Å². The Balaban J connectivity index is 2.01. The molecule has 3 aliphatic rings. The monoisotopic (exact) mass is 338 g/mol. The molecule has 0 spiro atoms.